The van der Waals surface area contributed by atoms with Gasteiger partial charge in [-0.15, -0.1) is 0 Å². The number of ether oxygens (including phenoxy) is 1. The monoisotopic (exact) mass is 388 g/mol. The number of likely N-dealkylation sites (tertiary alicyclic amines) is 1. The molecule has 2 aromatic rings. The molecule has 0 radical (unpaired) electrons. The molecule has 7 heteroatoms. The molecule has 1 aromatic carbocycles. The average Bonchev–Trinajstić information content (AvgIpc) is 3.25. The molecule has 0 unspecified atom stereocenters. The summed E-state index contributed by atoms with van der Waals surface area (Å²) in [7, 11) is 1.64. The maximum absolute atomic E-state index is 12.7. The summed E-state index contributed by atoms with van der Waals surface area (Å²) in [5.74, 6) is 0.0867. The fourth-order valence-electron chi connectivity index (χ4n) is 3.34. The van der Waals surface area contributed by atoms with Crippen molar-refractivity contribution in [2.24, 2.45) is 0 Å². The molecular formula is C20H28N4O2S. The number of nitrogens with zero attached hydrogens (tertiary/aromatic N) is 2. The van der Waals surface area contributed by atoms with Crippen LogP contribution in [-0.2, 0) is 9.53 Å². The number of aromatic nitrogens is 2. The maximum Gasteiger partial charge on any atom is 0.237 e. The molecule has 1 fully saturated rings. The molecule has 1 aliphatic rings. The minimum atomic E-state index is -0.112. The Morgan fingerprint density at radius 1 is 1.48 bits per heavy atom. The lowest BCUT2D eigenvalue weighted by Gasteiger charge is -2.23. The van der Waals surface area contributed by atoms with Gasteiger partial charge in [0.2, 0.25) is 5.91 Å². The van der Waals surface area contributed by atoms with Gasteiger partial charge in [-0.25, -0.2) is 4.98 Å². The quantitative estimate of drug-likeness (QED) is 0.538. The van der Waals surface area contributed by atoms with Gasteiger partial charge < -0.3 is 15.0 Å². The summed E-state index contributed by atoms with van der Waals surface area (Å²) in [6.07, 6.45) is 2.93. The third-order valence-electron chi connectivity index (χ3n) is 4.86. The minimum Gasteiger partial charge on any atom is -0.383 e. The molecule has 1 saturated heterocycles. The molecule has 146 valence electrons. The van der Waals surface area contributed by atoms with Gasteiger partial charge in [-0.1, -0.05) is 35.5 Å². The molecule has 0 bridgehead atoms. The number of carbonyl (C=O) groups excluding carboxylic acids is 1. The summed E-state index contributed by atoms with van der Waals surface area (Å²) in [5.41, 5.74) is 3.31. The summed E-state index contributed by atoms with van der Waals surface area (Å²) in [4.78, 5) is 23.0. The number of benzene rings is 1. The summed E-state index contributed by atoms with van der Waals surface area (Å²) < 4.78 is 5.04. The van der Waals surface area contributed by atoms with E-state index in [-0.39, 0.29) is 11.9 Å². The molecule has 2 atom stereocenters. The van der Waals surface area contributed by atoms with Crippen LogP contribution >= 0.6 is 11.8 Å². The number of methoxy groups -OCH3 is 1. The first-order chi connectivity index (χ1) is 13.1. The van der Waals surface area contributed by atoms with E-state index in [1.807, 2.05) is 31.2 Å². The smallest absolute Gasteiger partial charge is 0.237 e. The highest BCUT2D eigenvalue weighted by molar-refractivity contribution is 7.99. The second-order valence-electron chi connectivity index (χ2n) is 6.90. The standard InChI is InChI=1S/C20H28N4O2S/c1-4-14(2)12-24-13-15(11-18(24)19(25)21-9-10-26-3)27-20-22-16-7-5-6-8-17(16)23-20/h4-8,15,18H,9-13H2,1-3H3,(H,21,25)(H,22,23)/t15-,18+/m1/s1. The number of hydrogen-bond donors (Lipinski definition) is 2. The number of para-hydroxylation sites is 2. The van der Waals surface area contributed by atoms with Gasteiger partial charge in [-0.2, -0.15) is 0 Å². The van der Waals surface area contributed by atoms with E-state index in [1.54, 1.807) is 18.9 Å². The Morgan fingerprint density at radius 2 is 2.30 bits per heavy atom. The van der Waals surface area contributed by atoms with Gasteiger partial charge in [-0.3, -0.25) is 9.69 Å². The van der Waals surface area contributed by atoms with Crippen LogP contribution in [0.1, 0.15) is 20.3 Å². The lowest BCUT2D eigenvalue weighted by Crippen LogP contribution is -2.44. The van der Waals surface area contributed by atoms with Gasteiger partial charge >= 0.3 is 0 Å². The first kappa shape index (κ1) is 19.9. The van der Waals surface area contributed by atoms with Crippen LogP contribution in [0.5, 0.6) is 0 Å². The minimum absolute atomic E-state index is 0.0867. The summed E-state index contributed by atoms with van der Waals surface area (Å²) in [6, 6.07) is 7.94. The average molecular weight is 389 g/mol. The largest absolute Gasteiger partial charge is 0.383 e. The Labute approximate surface area is 164 Å². The van der Waals surface area contributed by atoms with Crippen LogP contribution in [0, 0.1) is 0 Å². The van der Waals surface area contributed by atoms with Crippen LogP contribution in [0.2, 0.25) is 0 Å². The van der Waals surface area contributed by atoms with Crippen molar-refractivity contribution < 1.29 is 9.53 Å². The number of carbonyl (C=O) groups is 1. The highest BCUT2D eigenvalue weighted by Crippen LogP contribution is 2.33. The van der Waals surface area contributed by atoms with Crippen molar-refractivity contribution in [2.45, 2.75) is 36.7 Å². The number of nitrogens with one attached hydrogen (secondary N) is 2. The highest BCUT2D eigenvalue weighted by atomic mass is 32.2. The molecule has 0 aliphatic carbocycles. The van der Waals surface area contributed by atoms with E-state index in [2.05, 4.69) is 33.2 Å². The summed E-state index contributed by atoms with van der Waals surface area (Å²) >= 11 is 1.73. The van der Waals surface area contributed by atoms with Gasteiger partial charge in [0.05, 0.1) is 23.7 Å². The molecule has 1 amide bonds. The Balaban J connectivity index is 1.68. The van der Waals surface area contributed by atoms with Crippen LogP contribution in [0.25, 0.3) is 11.0 Å². The van der Waals surface area contributed by atoms with Crippen LogP contribution < -0.4 is 5.32 Å². The van der Waals surface area contributed by atoms with Gasteiger partial charge in [0.15, 0.2) is 5.16 Å². The van der Waals surface area contributed by atoms with Crippen molar-refractivity contribution in [3.8, 4) is 0 Å². The van der Waals surface area contributed by atoms with Crippen LogP contribution in [-0.4, -0.2) is 65.4 Å². The number of allylic oxidation sites excluding steroid dienone is 1. The van der Waals surface area contributed by atoms with E-state index in [0.29, 0.717) is 18.4 Å². The molecule has 2 N–H and O–H groups in total. The number of amides is 1. The number of H-pyrrole nitrogens is 1. The van der Waals surface area contributed by atoms with Crippen molar-refractivity contribution in [3.63, 3.8) is 0 Å². The van der Waals surface area contributed by atoms with Crippen molar-refractivity contribution >= 4 is 28.7 Å². The van der Waals surface area contributed by atoms with Gasteiger partial charge in [0, 0.05) is 32.0 Å². The second kappa shape index (κ2) is 9.39. The molecule has 2 heterocycles. The maximum atomic E-state index is 12.7. The summed E-state index contributed by atoms with van der Waals surface area (Å²) in [5, 5.41) is 4.24. The second-order valence-corrected chi connectivity index (χ2v) is 8.19. The Hall–Kier alpha value is -1.83. The van der Waals surface area contributed by atoms with Gasteiger partial charge in [0.1, 0.15) is 0 Å². The Bertz CT molecular complexity index is 771. The van der Waals surface area contributed by atoms with Crippen LogP contribution in [0.15, 0.2) is 41.1 Å². The molecular weight excluding hydrogens is 360 g/mol. The number of aromatic amines is 1. The lowest BCUT2D eigenvalue weighted by molar-refractivity contribution is -0.125. The van der Waals surface area contributed by atoms with Crippen LogP contribution in [0.4, 0.5) is 0 Å². The number of hydrogen-bond acceptors (Lipinski definition) is 5. The zero-order valence-corrected chi connectivity index (χ0v) is 17.0. The van der Waals surface area contributed by atoms with Crippen LogP contribution in [0.3, 0.4) is 0 Å². The Morgan fingerprint density at radius 3 is 3.04 bits per heavy atom. The summed E-state index contributed by atoms with van der Waals surface area (Å²) in [6.45, 7) is 6.91. The molecule has 27 heavy (non-hydrogen) atoms. The SMILES string of the molecule is CC=C(C)CN1C[C@H](Sc2nc3ccccc3[nH]2)C[C@H]1C(=O)NCCOC. The van der Waals surface area contributed by atoms with E-state index < -0.39 is 0 Å². The third kappa shape index (κ3) is 5.12. The van der Waals surface area contributed by atoms with Crippen molar-refractivity contribution in [3.05, 3.63) is 35.9 Å². The predicted octanol–water partition coefficient (Wildman–Crippen LogP) is 2.83. The van der Waals surface area contributed by atoms with Gasteiger partial charge in [0.25, 0.3) is 0 Å². The fraction of sp³-hybridized carbons (Fsp3) is 0.500. The van der Waals surface area contributed by atoms with E-state index in [9.17, 15) is 4.79 Å². The molecule has 1 aromatic heterocycles. The Kier molecular flexibility index (Phi) is 6.93. The molecule has 6 nitrogen and oxygen atoms in total. The van der Waals surface area contributed by atoms with Gasteiger partial charge in [-0.05, 0) is 32.4 Å². The molecule has 3 rings (SSSR count). The molecule has 1 aliphatic heterocycles. The van der Waals surface area contributed by atoms with E-state index in [1.165, 1.54) is 5.57 Å². The lowest BCUT2D eigenvalue weighted by atomic mass is 10.2. The van der Waals surface area contributed by atoms with Crippen molar-refractivity contribution in [1.82, 2.24) is 20.2 Å². The number of rotatable bonds is 8. The number of thioether (sulfide) groups is 1. The van der Waals surface area contributed by atoms with E-state index >= 15 is 0 Å². The van der Waals surface area contributed by atoms with E-state index in [0.717, 1.165) is 35.7 Å². The zero-order valence-electron chi connectivity index (χ0n) is 16.2. The zero-order chi connectivity index (χ0) is 19.2. The third-order valence-corrected chi connectivity index (χ3v) is 5.96. The van der Waals surface area contributed by atoms with Crippen molar-refractivity contribution in [1.29, 1.82) is 0 Å². The first-order valence-electron chi connectivity index (χ1n) is 9.34. The number of fused-ring (bicyclic) bond motifs is 1. The van der Waals surface area contributed by atoms with Crippen molar-refractivity contribution in [2.75, 3.05) is 33.4 Å². The molecule has 0 spiro atoms. The fourth-order valence-corrected chi connectivity index (χ4v) is 4.52. The first-order valence-corrected chi connectivity index (χ1v) is 10.2. The molecule has 0 saturated carbocycles. The van der Waals surface area contributed by atoms with E-state index in [4.69, 9.17) is 4.74 Å². The normalized spacial score (nSPS) is 21.1. The number of imidazole rings is 1. The highest BCUT2D eigenvalue weighted by Gasteiger charge is 2.37. The predicted molar refractivity (Wildman–Crippen MR) is 110 cm³/mol. The topological polar surface area (TPSA) is 70.2 Å².